The lowest BCUT2D eigenvalue weighted by Crippen LogP contribution is -2.17. The number of hydrogen-bond acceptors (Lipinski definition) is 8. The molecule has 12 heteroatoms. The standard InChI is InChI=1S/C18H17F3N6O3/c1-10-7-12(14-24-16(30-26-14)18(19,20)21)8-23-13(10)25-17(28)29-9-11-5-4-6-22-15(11)27(2)3/h4-8H,9H2,1-3H3,(H,23,25,28). The van der Waals surface area contributed by atoms with E-state index in [4.69, 9.17) is 4.74 Å². The Morgan fingerprint density at radius 2 is 2.07 bits per heavy atom. The first-order valence-corrected chi connectivity index (χ1v) is 8.58. The predicted molar refractivity (Wildman–Crippen MR) is 99.6 cm³/mol. The molecule has 158 valence electrons. The summed E-state index contributed by atoms with van der Waals surface area (Å²) in [6, 6.07) is 4.99. The minimum Gasteiger partial charge on any atom is -0.444 e. The van der Waals surface area contributed by atoms with Crippen LogP contribution < -0.4 is 10.2 Å². The zero-order valence-corrected chi connectivity index (χ0v) is 16.2. The molecule has 0 aliphatic carbocycles. The molecule has 0 aliphatic rings. The highest BCUT2D eigenvalue weighted by molar-refractivity contribution is 5.84. The van der Waals surface area contributed by atoms with Crippen LogP contribution in [0.15, 0.2) is 35.1 Å². The number of nitrogens with one attached hydrogen (secondary N) is 1. The molecule has 0 radical (unpaired) electrons. The normalized spacial score (nSPS) is 11.3. The summed E-state index contributed by atoms with van der Waals surface area (Å²) in [5.74, 6) is -0.863. The fraction of sp³-hybridized carbons (Fsp3) is 0.278. The van der Waals surface area contributed by atoms with Crippen molar-refractivity contribution < 1.29 is 27.2 Å². The second kappa shape index (κ2) is 8.35. The van der Waals surface area contributed by atoms with E-state index in [2.05, 4.69) is 29.9 Å². The summed E-state index contributed by atoms with van der Waals surface area (Å²) in [7, 11) is 3.64. The first-order chi connectivity index (χ1) is 14.1. The molecule has 0 aliphatic heterocycles. The van der Waals surface area contributed by atoms with Crippen LogP contribution >= 0.6 is 0 Å². The number of hydrogen-bond donors (Lipinski definition) is 1. The van der Waals surface area contributed by atoms with Crippen molar-refractivity contribution in [2.24, 2.45) is 0 Å². The van der Waals surface area contributed by atoms with Crippen LogP contribution in [0.2, 0.25) is 0 Å². The Morgan fingerprint density at radius 1 is 1.30 bits per heavy atom. The van der Waals surface area contributed by atoms with E-state index in [1.807, 2.05) is 14.1 Å². The number of amides is 1. The van der Waals surface area contributed by atoms with E-state index in [0.29, 0.717) is 11.4 Å². The molecule has 3 aromatic rings. The van der Waals surface area contributed by atoms with Crippen LogP contribution in [-0.2, 0) is 17.5 Å². The lowest BCUT2D eigenvalue weighted by Gasteiger charge is -2.16. The van der Waals surface area contributed by atoms with Crippen molar-refractivity contribution in [1.82, 2.24) is 20.1 Å². The van der Waals surface area contributed by atoms with E-state index in [1.165, 1.54) is 12.3 Å². The molecule has 1 N–H and O–H groups in total. The summed E-state index contributed by atoms with van der Waals surface area (Å²) in [6.07, 6.45) is -2.63. The van der Waals surface area contributed by atoms with Crippen molar-refractivity contribution >= 4 is 17.7 Å². The molecule has 0 aromatic carbocycles. The maximum atomic E-state index is 12.6. The van der Waals surface area contributed by atoms with Crippen molar-refractivity contribution in [1.29, 1.82) is 0 Å². The molecule has 0 atom stereocenters. The number of aryl methyl sites for hydroxylation is 1. The van der Waals surface area contributed by atoms with Gasteiger partial charge in [-0.2, -0.15) is 18.2 Å². The maximum absolute atomic E-state index is 12.6. The summed E-state index contributed by atoms with van der Waals surface area (Å²) in [5.41, 5.74) is 1.39. The van der Waals surface area contributed by atoms with E-state index in [1.54, 1.807) is 30.2 Å². The molecule has 3 rings (SSSR count). The number of aromatic nitrogens is 4. The van der Waals surface area contributed by atoms with Gasteiger partial charge in [0.25, 0.3) is 0 Å². The zero-order chi connectivity index (χ0) is 21.9. The average molecular weight is 422 g/mol. The van der Waals surface area contributed by atoms with Crippen LogP contribution in [0.4, 0.5) is 29.6 Å². The Bertz CT molecular complexity index is 1050. The molecule has 30 heavy (non-hydrogen) atoms. The minimum atomic E-state index is -4.74. The predicted octanol–water partition coefficient (Wildman–Crippen LogP) is 3.67. The van der Waals surface area contributed by atoms with Crippen LogP contribution in [0.5, 0.6) is 0 Å². The van der Waals surface area contributed by atoms with Gasteiger partial charge in [0.2, 0.25) is 5.82 Å². The summed E-state index contributed by atoms with van der Waals surface area (Å²) < 4.78 is 47.2. The molecule has 0 unspecified atom stereocenters. The molecule has 0 spiro atoms. The van der Waals surface area contributed by atoms with Crippen molar-refractivity contribution in [2.45, 2.75) is 19.7 Å². The molecule has 0 fully saturated rings. The molecular formula is C18H17F3N6O3. The summed E-state index contributed by atoms with van der Waals surface area (Å²) in [5, 5.41) is 5.79. The van der Waals surface area contributed by atoms with E-state index in [-0.39, 0.29) is 23.8 Å². The topological polar surface area (TPSA) is 106 Å². The summed E-state index contributed by atoms with van der Waals surface area (Å²) in [4.78, 5) is 25.5. The Balaban J connectivity index is 1.66. The Morgan fingerprint density at radius 3 is 2.70 bits per heavy atom. The monoisotopic (exact) mass is 422 g/mol. The first-order valence-electron chi connectivity index (χ1n) is 8.58. The van der Waals surface area contributed by atoms with Gasteiger partial charge >= 0.3 is 18.2 Å². The second-order valence-electron chi connectivity index (χ2n) is 6.39. The van der Waals surface area contributed by atoms with Gasteiger partial charge in [0.05, 0.1) is 0 Å². The third-order valence-electron chi connectivity index (χ3n) is 3.88. The summed E-state index contributed by atoms with van der Waals surface area (Å²) in [6.45, 7) is 1.61. The SMILES string of the molecule is Cc1cc(-c2noc(C(F)(F)F)n2)cnc1NC(=O)OCc1cccnc1N(C)C. The quantitative estimate of drug-likeness (QED) is 0.664. The average Bonchev–Trinajstić information content (AvgIpc) is 3.19. The Hall–Kier alpha value is -3.70. The van der Waals surface area contributed by atoms with Crippen LogP contribution in [0.25, 0.3) is 11.4 Å². The molecule has 0 bridgehead atoms. The number of rotatable bonds is 5. The Labute approximate surface area is 168 Å². The second-order valence-corrected chi connectivity index (χ2v) is 6.39. The first kappa shape index (κ1) is 21.0. The van der Waals surface area contributed by atoms with Crippen molar-refractivity contribution in [3.63, 3.8) is 0 Å². The highest BCUT2D eigenvalue weighted by Gasteiger charge is 2.38. The van der Waals surface area contributed by atoms with Crippen molar-refractivity contribution in [3.05, 3.63) is 47.6 Å². The van der Waals surface area contributed by atoms with E-state index in [9.17, 15) is 18.0 Å². The van der Waals surface area contributed by atoms with Crippen molar-refractivity contribution in [3.8, 4) is 11.4 Å². The number of carbonyl (C=O) groups is 1. The van der Waals surface area contributed by atoms with E-state index < -0.39 is 18.2 Å². The van der Waals surface area contributed by atoms with Gasteiger partial charge in [0, 0.05) is 37.6 Å². The molecule has 0 saturated carbocycles. The van der Waals surface area contributed by atoms with Gasteiger partial charge in [0.15, 0.2) is 0 Å². The molecule has 3 heterocycles. The Kier molecular flexibility index (Phi) is 5.85. The molecule has 0 saturated heterocycles. The van der Waals surface area contributed by atoms with Crippen LogP contribution in [0.3, 0.4) is 0 Å². The number of halogens is 3. The molecule has 3 aromatic heterocycles. The van der Waals surface area contributed by atoms with Gasteiger partial charge in [-0.1, -0.05) is 11.2 Å². The third-order valence-corrected chi connectivity index (χ3v) is 3.88. The van der Waals surface area contributed by atoms with Crippen LogP contribution in [0, 0.1) is 6.92 Å². The van der Waals surface area contributed by atoms with Gasteiger partial charge in [-0.25, -0.2) is 14.8 Å². The molecular weight excluding hydrogens is 405 g/mol. The zero-order valence-electron chi connectivity index (χ0n) is 16.2. The number of pyridine rings is 2. The minimum absolute atomic E-state index is 0.00655. The van der Waals surface area contributed by atoms with Gasteiger partial charge in [-0.3, -0.25) is 5.32 Å². The molecule has 9 nitrogen and oxygen atoms in total. The number of nitrogens with zero attached hydrogens (tertiary/aromatic N) is 5. The van der Waals surface area contributed by atoms with Crippen LogP contribution in [0.1, 0.15) is 17.0 Å². The van der Waals surface area contributed by atoms with Gasteiger partial charge in [-0.05, 0) is 24.6 Å². The van der Waals surface area contributed by atoms with E-state index >= 15 is 0 Å². The lowest BCUT2D eigenvalue weighted by atomic mass is 10.2. The smallest absolute Gasteiger partial charge is 0.444 e. The third kappa shape index (κ3) is 4.82. The van der Waals surface area contributed by atoms with Crippen LogP contribution in [-0.4, -0.2) is 40.3 Å². The largest absolute Gasteiger partial charge is 0.471 e. The van der Waals surface area contributed by atoms with Crippen molar-refractivity contribution in [2.75, 3.05) is 24.3 Å². The van der Waals surface area contributed by atoms with E-state index in [0.717, 1.165) is 5.56 Å². The highest BCUT2D eigenvalue weighted by atomic mass is 19.4. The number of carbonyl (C=O) groups excluding carboxylic acids is 1. The highest BCUT2D eigenvalue weighted by Crippen LogP contribution is 2.29. The number of alkyl halides is 3. The van der Waals surface area contributed by atoms with Gasteiger partial charge in [-0.15, -0.1) is 0 Å². The van der Waals surface area contributed by atoms with Gasteiger partial charge in [0.1, 0.15) is 18.2 Å². The lowest BCUT2D eigenvalue weighted by molar-refractivity contribution is -0.159. The molecule has 1 amide bonds. The van der Waals surface area contributed by atoms with Gasteiger partial charge < -0.3 is 14.2 Å². The summed E-state index contributed by atoms with van der Waals surface area (Å²) >= 11 is 0. The number of anilines is 2. The fourth-order valence-corrected chi connectivity index (χ4v) is 2.51. The fourth-order valence-electron chi connectivity index (χ4n) is 2.51. The maximum Gasteiger partial charge on any atom is 0.471 e. The number of ether oxygens (including phenoxy) is 1.